The summed E-state index contributed by atoms with van der Waals surface area (Å²) in [6, 6.07) is 1.97. The van der Waals surface area contributed by atoms with Gasteiger partial charge in [-0.2, -0.15) is 5.10 Å². The highest BCUT2D eigenvalue weighted by molar-refractivity contribution is 5.74. The first kappa shape index (κ1) is 12.6. The average molecular weight is 273 g/mol. The highest BCUT2D eigenvalue weighted by atomic mass is 16.4. The van der Waals surface area contributed by atoms with Crippen molar-refractivity contribution in [2.24, 2.45) is 5.92 Å². The number of aromatic nitrogens is 4. The van der Waals surface area contributed by atoms with Gasteiger partial charge in [0.15, 0.2) is 5.82 Å². The standard InChI is InChI=1S/C13H15N5O2/c1-8-3-9(2)18(16-8)12-5-14-4-11(15-12)17-6-10(7-17)13(19)20/h3-5,10H,6-7H2,1-2H3,(H,19,20). The minimum atomic E-state index is -0.760. The Morgan fingerprint density at radius 2 is 2.00 bits per heavy atom. The van der Waals surface area contributed by atoms with Gasteiger partial charge in [0.25, 0.3) is 0 Å². The van der Waals surface area contributed by atoms with Crippen molar-refractivity contribution < 1.29 is 9.90 Å². The minimum absolute atomic E-state index is 0.311. The summed E-state index contributed by atoms with van der Waals surface area (Å²) in [4.78, 5) is 21.4. The van der Waals surface area contributed by atoms with Gasteiger partial charge in [0.05, 0.1) is 24.0 Å². The molecule has 1 aliphatic rings. The van der Waals surface area contributed by atoms with Crippen molar-refractivity contribution in [3.8, 4) is 5.82 Å². The lowest BCUT2D eigenvalue weighted by Crippen LogP contribution is -2.50. The van der Waals surface area contributed by atoms with E-state index in [9.17, 15) is 4.79 Å². The Labute approximate surface area is 115 Å². The monoisotopic (exact) mass is 273 g/mol. The van der Waals surface area contributed by atoms with Crippen LogP contribution in [0.1, 0.15) is 11.4 Å². The summed E-state index contributed by atoms with van der Waals surface area (Å²) in [5.41, 5.74) is 1.91. The number of aryl methyl sites for hydroxylation is 2. The minimum Gasteiger partial charge on any atom is -0.481 e. The lowest BCUT2D eigenvalue weighted by molar-refractivity contribution is -0.142. The molecule has 104 valence electrons. The number of carboxylic acids is 1. The summed E-state index contributed by atoms with van der Waals surface area (Å²) in [6.07, 6.45) is 3.30. The van der Waals surface area contributed by atoms with Crippen molar-refractivity contribution in [3.05, 3.63) is 29.8 Å². The SMILES string of the molecule is Cc1cc(C)n(-c2cncc(N3CC(C(=O)O)C3)n2)n1. The van der Waals surface area contributed by atoms with Crippen LogP contribution in [0, 0.1) is 19.8 Å². The van der Waals surface area contributed by atoms with Gasteiger partial charge >= 0.3 is 5.97 Å². The number of hydrogen-bond acceptors (Lipinski definition) is 5. The van der Waals surface area contributed by atoms with Crippen LogP contribution in [0.3, 0.4) is 0 Å². The predicted octanol–water partition coefficient (Wildman–Crippen LogP) is 0.800. The molecule has 2 aromatic rings. The van der Waals surface area contributed by atoms with Crippen molar-refractivity contribution in [2.45, 2.75) is 13.8 Å². The number of nitrogens with zero attached hydrogens (tertiary/aromatic N) is 5. The van der Waals surface area contributed by atoms with E-state index in [0.717, 1.165) is 11.4 Å². The number of carbonyl (C=O) groups is 1. The van der Waals surface area contributed by atoms with E-state index < -0.39 is 5.97 Å². The molecule has 0 amide bonds. The molecule has 3 heterocycles. The first-order valence-electron chi connectivity index (χ1n) is 6.38. The smallest absolute Gasteiger partial charge is 0.310 e. The molecule has 1 fully saturated rings. The summed E-state index contributed by atoms with van der Waals surface area (Å²) in [5.74, 6) is 0.262. The third-order valence-electron chi connectivity index (χ3n) is 3.39. The molecule has 0 bridgehead atoms. The van der Waals surface area contributed by atoms with E-state index >= 15 is 0 Å². The summed E-state index contributed by atoms with van der Waals surface area (Å²) in [7, 11) is 0. The van der Waals surface area contributed by atoms with Gasteiger partial charge in [0, 0.05) is 18.8 Å². The predicted molar refractivity (Wildman–Crippen MR) is 72.0 cm³/mol. The van der Waals surface area contributed by atoms with Crippen LogP contribution in [0.4, 0.5) is 5.82 Å². The highest BCUT2D eigenvalue weighted by Crippen LogP contribution is 2.23. The lowest BCUT2D eigenvalue weighted by Gasteiger charge is -2.37. The van der Waals surface area contributed by atoms with Gasteiger partial charge in [0.1, 0.15) is 5.82 Å². The van der Waals surface area contributed by atoms with Crippen molar-refractivity contribution >= 4 is 11.8 Å². The van der Waals surface area contributed by atoms with Crippen LogP contribution in [0.15, 0.2) is 18.5 Å². The van der Waals surface area contributed by atoms with E-state index in [4.69, 9.17) is 5.11 Å². The Kier molecular flexibility index (Phi) is 2.89. The van der Waals surface area contributed by atoms with Crippen LogP contribution in [0.25, 0.3) is 5.82 Å². The van der Waals surface area contributed by atoms with Crippen LogP contribution in [-0.2, 0) is 4.79 Å². The number of hydrogen-bond donors (Lipinski definition) is 1. The van der Waals surface area contributed by atoms with Gasteiger partial charge in [-0.3, -0.25) is 9.78 Å². The molecule has 1 aliphatic heterocycles. The van der Waals surface area contributed by atoms with Gasteiger partial charge in [-0.05, 0) is 19.9 Å². The van der Waals surface area contributed by atoms with Crippen molar-refractivity contribution in [2.75, 3.05) is 18.0 Å². The Morgan fingerprint density at radius 3 is 2.60 bits per heavy atom. The van der Waals surface area contributed by atoms with E-state index in [1.807, 2.05) is 24.8 Å². The van der Waals surface area contributed by atoms with Crippen LogP contribution < -0.4 is 4.90 Å². The van der Waals surface area contributed by atoms with Gasteiger partial charge in [-0.25, -0.2) is 9.67 Å². The Bertz CT molecular complexity index is 661. The largest absolute Gasteiger partial charge is 0.481 e. The zero-order valence-corrected chi connectivity index (χ0v) is 11.3. The van der Waals surface area contributed by atoms with Gasteiger partial charge in [0.2, 0.25) is 0 Å². The van der Waals surface area contributed by atoms with E-state index in [1.54, 1.807) is 17.1 Å². The Morgan fingerprint density at radius 1 is 1.30 bits per heavy atom. The molecule has 0 saturated carbocycles. The zero-order chi connectivity index (χ0) is 14.3. The molecule has 0 aliphatic carbocycles. The molecule has 20 heavy (non-hydrogen) atoms. The third kappa shape index (κ3) is 2.11. The molecule has 7 heteroatoms. The van der Waals surface area contributed by atoms with E-state index in [1.165, 1.54) is 0 Å². The zero-order valence-electron chi connectivity index (χ0n) is 11.3. The highest BCUT2D eigenvalue weighted by Gasteiger charge is 2.33. The number of aliphatic carboxylic acids is 1. The second kappa shape index (κ2) is 4.59. The Balaban J connectivity index is 1.84. The topological polar surface area (TPSA) is 84.1 Å². The summed E-state index contributed by atoms with van der Waals surface area (Å²) in [5, 5.41) is 13.3. The van der Waals surface area contributed by atoms with Gasteiger partial charge < -0.3 is 10.0 Å². The number of rotatable bonds is 3. The molecule has 0 aromatic carbocycles. The molecule has 1 N–H and O–H groups in total. The summed E-state index contributed by atoms with van der Waals surface area (Å²) < 4.78 is 1.74. The maximum atomic E-state index is 10.8. The van der Waals surface area contributed by atoms with Crippen LogP contribution >= 0.6 is 0 Å². The molecule has 7 nitrogen and oxygen atoms in total. The van der Waals surface area contributed by atoms with E-state index in [-0.39, 0.29) is 5.92 Å². The summed E-state index contributed by atoms with van der Waals surface area (Å²) in [6.45, 7) is 4.83. The van der Waals surface area contributed by atoms with Crippen molar-refractivity contribution in [1.82, 2.24) is 19.7 Å². The van der Waals surface area contributed by atoms with Gasteiger partial charge in [-0.15, -0.1) is 0 Å². The van der Waals surface area contributed by atoms with Crippen LogP contribution in [-0.4, -0.2) is 43.9 Å². The maximum absolute atomic E-state index is 10.8. The average Bonchev–Trinajstić information content (AvgIpc) is 2.66. The van der Waals surface area contributed by atoms with Crippen molar-refractivity contribution in [1.29, 1.82) is 0 Å². The molecule has 0 atom stereocenters. The second-order valence-corrected chi connectivity index (χ2v) is 5.01. The van der Waals surface area contributed by atoms with E-state index in [2.05, 4.69) is 15.1 Å². The fraction of sp³-hybridized carbons (Fsp3) is 0.385. The lowest BCUT2D eigenvalue weighted by atomic mass is 10.0. The van der Waals surface area contributed by atoms with Crippen LogP contribution in [0.5, 0.6) is 0 Å². The molecule has 0 radical (unpaired) electrons. The van der Waals surface area contributed by atoms with Crippen LogP contribution in [0.2, 0.25) is 0 Å². The molecule has 0 spiro atoms. The number of carboxylic acid groups (broad SMARTS) is 1. The second-order valence-electron chi connectivity index (χ2n) is 5.01. The molecular weight excluding hydrogens is 258 g/mol. The molecule has 0 unspecified atom stereocenters. The Hall–Kier alpha value is -2.44. The fourth-order valence-electron chi connectivity index (χ4n) is 2.28. The normalized spacial score (nSPS) is 15.2. The van der Waals surface area contributed by atoms with Gasteiger partial charge in [-0.1, -0.05) is 0 Å². The van der Waals surface area contributed by atoms with Crippen molar-refractivity contribution in [3.63, 3.8) is 0 Å². The first-order valence-corrected chi connectivity index (χ1v) is 6.38. The fourth-order valence-corrected chi connectivity index (χ4v) is 2.28. The molecule has 3 rings (SSSR count). The quantitative estimate of drug-likeness (QED) is 0.890. The maximum Gasteiger partial charge on any atom is 0.310 e. The van der Waals surface area contributed by atoms with E-state index in [0.29, 0.717) is 24.7 Å². The number of anilines is 1. The molecule has 2 aromatic heterocycles. The third-order valence-corrected chi connectivity index (χ3v) is 3.39. The molecule has 1 saturated heterocycles. The summed E-state index contributed by atoms with van der Waals surface area (Å²) >= 11 is 0. The first-order chi connectivity index (χ1) is 9.54. The molecular formula is C13H15N5O2.